The molecule has 2 aromatic rings. The number of ether oxygens (including phenoxy) is 1. The number of rotatable bonds is 5. The number of benzene rings is 2. The molecule has 0 unspecified atom stereocenters. The number of nitrogens with one attached hydrogen (secondary N) is 1. The maximum atomic E-state index is 12.2. The molecule has 0 aromatic heterocycles. The van der Waals surface area contributed by atoms with Crippen molar-refractivity contribution in [3.8, 4) is 11.5 Å². The third-order valence-electron chi connectivity index (χ3n) is 3.59. The van der Waals surface area contributed by atoms with Crippen LogP contribution < -0.4 is 10.1 Å². The molecule has 8 nitrogen and oxygen atoms in total. The van der Waals surface area contributed by atoms with Crippen molar-refractivity contribution in [3.63, 3.8) is 0 Å². The van der Waals surface area contributed by atoms with Gasteiger partial charge in [-0.2, -0.15) is 0 Å². The van der Waals surface area contributed by atoms with Crippen molar-refractivity contribution >= 4 is 51.9 Å². The molecule has 0 atom stereocenters. The lowest BCUT2D eigenvalue weighted by atomic mass is 10.1. The van der Waals surface area contributed by atoms with Gasteiger partial charge in [0.25, 0.3) is 5.91 Å². The number of nitro groups is 1. The van der Waals surface area contributed by atoms with Gasteiger partial charge < -0.3 is 15.2 Å². The van der Waals surface area contributed by atoms with E-state index < -0.39 is 16.5 Å². The third-order valence-corrected chi connectivity index (χ3v) is 4.73. The number of aliphatic imine (C=N–C) groups is 1. The van der Waals surface area contributed by atoms with Crippen LogP contribution >= 0.6 is 23.4 Å². The molecule has 0 saturated carbocycles. The van der Waals surface area contributed by atoms with Crippen LogP contribution in [0, 0.1) is 10.1 Å². The monoisotopic (exact) mass is 419 g/mol. The highest BCUT2D eigenvalue weighted by atomic mass is 35.5. The van der Waals surface area contributed by atoms with Gasteiger partial charge in [-0.15, -0.1) is 0 Å². The van der Waals surface area contributed by atoms with Gasteiger partial charge in [-0.25, -0.2) is 4.99 Å². The number of nitrogens with zero attached hydrogens (tertiary/aromatic N) is 2. The second kappa shape index (κ2) is 8.32. The van der Waals surface area contributed by atoms with E-state index in [9.17, 15) is 20.0 Å². The van der Waals surface area contributed by atoms with Crippen LogP contribution in [-0.2, 0) is 4.79 Å². The van der Waals surface area contributed by atoms with E-state index in [2.05, 4.69) is 10.3 Å². The molecule has 0 radical (unpaired) electrons. The molecule has 144 valence electrons. The maximum absolute atomic E-state index is 12.2. The Morgan fingerprint density at radius 2 is 2.18 bits per heavy atom. The zero-order valence-electron chi connectivity index (χ0n) is 14.5. The van der Waals surface area contributed by atoms with E-state index in [1.165, 1.54) is 18.2 Å². The summed E-state index contributed by atoms with van der Waals surface area (Å²) in [6.45, 7) is 1.78. The molecule has 3 rings (SSSR count). The Morgan fingerprint density at radius 1 is 1.39 bits per heavy atom. The number of hydrogen-bond donors (Lipinski definition) is 2. The Bertz CT molecular complexity index is 1020. The highest BCUT2D eigenvalue weighted by Crippen LogP contribution is 2.41. The number of amidine groups is 1. The van der Waals surface area contributed by atoms with Crippen LogP contribution in [-0.4, -0.2) is 27.7 Å². The van der Waals surface area contributed by atoms with Crippen LogP contribution in [0.4, 0.5) is 11.4 Å². The quantitative estimate of drug-likeness (QED) is 0.425. The van der Waals surface area contributed by atoms with Crippen LogP contribution in [0.2, 0.25) is 5.02 Å². The topological polar surface area (TPSA) is 114 Å². The fourth-order valence-corrected chi connectivity index (χ4v) is 3.47. The Labute approximate surface area is 169 Å². The molecular weight excluding hydrogens is 406 g/mol. The largest absolute Gasteiger partial charge is 0.504 e. The number of halogens is 1. The first-order valence-electron chi connectivity index (χ1n) is 8.07. The minimum atomic E-state index is -0.657. The van der Waals surface area contributed by atoms with Crippen molar-refractivity contribution in [2.75, 3.05) is 6.61 Å². The van der Waals surface area contributed by atoms with E-state index in [1.807, 2.05) is 0 Å². The standard InChI is InChI=1S/C18H14ClN3O5S/c1-2-27-16-13(23)7-6-10(15(16)22(25)26)8-14-17(24)21-18(28-14)20-12-5-3-4-11(19)9-12/h3-9,23H,2H2,1H3,(H,20,21,24). The predicted molar refractivity (Wildman–Crippen MR) is 108 cm³/mol. The van der Waals surface area contributed by atoms with Gasteiger partial charge in [0.15, 0.2) is 10.9 Å². The van der Waals surface area contributed by atoms with Crippen LogP contribution in [0.15, 0.2) is 46.3 Å². The van der Waals surface area contributed by atoms with E-state index in [4.69, 9.17) is 16.3 Å². The smallest absolute Gasteiger partial charge is 0.322 e. The van der Waals surface area contributed by atoms with E-state index in [0.717, 1.165) is 11.8 Å². The summed E-state index contributed by atoms with van der Waals surface area (Å²) in [6, 6.07) is 9.44. The zero-order valence-corrected chi connectivity index (χ0v) is 16.1. The molecule has 28 heavy (non-hydrogen) atoms. The first kappa shape index (κ1) is 19.7. The summed E-state index contributed by atoms with van der Waals surface area (Å²) in [5.74, 6) is -1.02. The van der Waals surface area contributed by atoms with Gasteiger partial charge in [0.05, 0.1) is 27.7 Å². The number of aromatic hydroxyl groups is 1. The molecule has 1 aliphatic heterocycles. The van der Waals surface area contributed by atoms with Gasteiger partial charge in [0, 0.05) is 5.02 Å². The highest BCUT2D eigenvalue weighted by Gasteiger charge is 2.28. The molecular formula is C18H14ClN3O5S. The Morgan fingerprint density at radius 3 is 2.86 bits per heavy atom. The van der Waals surface area contributed by atoms with E-state index in [1.54, 1.807) is 31.2 Å². The molecule has 0 bridgehead atoms. The van der Waals surface area contributed by atoms with E-state index in [-0.39, 0.29) is 28.6 Å². The SMILES string of the molecule is CCOc1c(O)ccc(C=C2SC(=Nc3cccc(Cl)c3)NC2=O)c1[N+](=O)[O-]. The molecule has 2 N–H and O–H groups in total. The van der Waals surface area contributed by atoms with Gasteiger partial charge >= 0.3 is 5.69 Å². The van der Waals surface area contributed by atoms with Gasteiger partial charge in [-0.1, -0.05) is 17.7 Å². The van der Waals surface area contributed by atoms with Gasteiger partial charge in [0.2, 0.25) is 5.75 Å². The van der Waals surface area contributed by atoms with Crippen molar-refractivity contribution in [3.05, 3.63) is 62.0 Å². The van der Waals surface area contributed by atoms with Gasteiger partial charge in [0.1, 0.15) is 0 Å². The molecule has 1 fully saturated rings. The van der Waals surface area contributed by atoms with E-state index in [0.29, 0.717) is 15.9 Å². The summed E-state index contributed by atoms with van der Waals surface area (Å²) in [4.78, 5) is 27.6. The third kappa shape index (κ3) is 4.26. The normalized spacial score (nSPS) is 16.4. The molecule has 0 spiro atoms. The van der Waals surface area contributed by atoms with Crippen LogP contribution in [0.25, 0.3) is 6.08 Å². The summed E-state index contributed by atoms with van der Waals surface area (Å²) in [5.41, 5.74) is 0.279. The maximum Gasteiger partial charge on any atom is 0.322 e. The van der Waals surface area contributed by atoms with Gasteiger partial charge in [-0.05, 0) is 55.1 Å². The molecule has 1 saturated heterocycles. The summed E-state index contributed by atoms with van der Waals surface area (Å²) < 4.78 is 5.21. The van der Waals surface area contributed by atoms with Crippen molar-refractivity contribution in [2.45, 2.75) is 6.92 Å². The highest BCUT2D eigenvalue weighted by molar-refractivity contribution is 8.18. The van der Waals surface area contributed by atoms with Crippen molar-refractivity contribution < 1.29 is 19.6 Å². The number of nitro benzene ring substituents is 1. The number of carbonyl (C=O) groups is 1. The average molecular weight is 420 g/mol. The first-order chi connectivity index (χ1) is 13.4. The molecule has 1 aliphatic rings. The fourth-order valence-electron chi connectivity index (χ4n) is 2.45. The van der Waals surface area contributed by atoms with Crippen LogP contribution in [0.1, 0.15) is 12.5 Å². The number of thioether (sulfide) groups is 1. The summed E-state index contributed by atoms with van der Waals surface area (Å²) in [6.07, 6.45) is 1.36. The molecule has 2 aromatic carbocycles. The lowest BCUT2D eigenvalue weighted by Gasteiger charge is -2.08. The molecule has 1 heterocycles. The average Bonchev–Trinajstić information content (AvgIpc) is 2.96. The number of carbonyl (C=O) groups excluding carboxylic acids is 1. The van der Waals surface area contributed by atoms with Crippen molar-refractivity contribution in [1.82, 2.24) is 5.32 Å². The van der Waals surface area contributed by atoms with Gasteiger partial charge in [-0.3, -0.25) is 14.9 Å². The molecule has 1 amide bonds. The Kier molecular flexibility index (Phi) is 5.86. The zero-order chi connectivity index (χ0) is 20.3. The second-order valence-corrected chi connectivity index (χ2v) is 6.97. The number of phenolic OH excluding ortho intramolecular Hbond substituents is 1. The molecule has 10 heteroatoms. The van der Waals surface area contributed by atoms with E-state index >= 15 is 0 Å². The summed E-state index contributed by atoms with van der Waals surface area (Å²) in [7, 11) is 0. The first-order valence-corrected chi connectivity index (χ1v) is 9.26. The number of hydrogen-bond acceptors (Lipinski definition) is 7. The predicted octanol–water partition coefficient (Wildman–Crippen LogP) is 4.24. The van der Waals surface area contributed by atoms with Crippen LogP contribution in [0.5, 0.6) is 11.5 Å². The number of amides is 1. The Balaban J connectivity index is 1.97. The minimum absolute atomic E-state index is 0.132. The lowest BCUT2D eigenvalue weighted by molar-refractivity contribution is -0.386. The Hall–Kier alpha value is -3.04. The molecule has 0 aliphatic carbocycles. The van der Waals surface area contributed by atoms with Crippen molar-refractivity contribution in [1.29, 1.82) is 0 Å². The van der Waals surface area contributed by atoms with Crippen LogP contribution in [0.3, 0.4) is 0 Å². The summed E-state index contributed by atoms with van der Waals surface area (Å²) >= 11 is 6.96. The fraction of sp³-hybridized carbons (Fsp3) is 0.111. The summed E-state index contributed by atoms with van der Waals surface area (Å²) in [5, 5.41) is 24.8. The van der Waals surface area contributed by atoms with Crippen molar-refractivity contribution in [2.24, 2.45) is 4.99 Å². The second-order valence-electron chi connectivity index (χ2n) is 5.50. The lowest BCUT2D eigenvalue weighted by Crippen LogP contribution is -2.19. The minimum Gasteiger partial charge on any atom is -0.504 e. The number of phenols is 1.